The van der Waals surface area contributed by atoms with Crippen LogP contribution in [0.3, 0.4) is 0 Å². The van der Waals surface area contributed by atoms with Crippen molar-refractivity contribution in [2.24, 2.45) is 11.5 Å². The van der Waals surface area contributed by atoms with Gasteiger partial charge in [-0.25, -0.2) is 0 Å². The Hall–Kier alpha value is -2.68. The molecule has 1 aromatic rings. The molecule has 0 atom stereocenters. The molecular formula is C11H11ClN4O5. The van der Waals surface area contributed by atoms with E-state index in [0.717, 1.165) is 23.1 Å². The largest absolute Gasteiger partial charge is 0.368 e. The number of halogens is 1. The number of benzene rings is 1. The van der Waals surface area contributed by atoms with Gasteiger partial charge in [-0.05, 0) is 12.1 Å². The second kappa shape index (κ2) is 6.66. The first-order chi connectivity index (χ1) is 9.72. The Labute approximate surface area is 123 Å². The van der Waals surface area contributed by atoms with Crippen molar-refractivity contribution in [2.75, 3.05) is 13.1 Å². The maximum absolute atomic E-state index is 12.1. The molecule has 9 nitrogen and oxygen atoms in total. The van der Waals surface area contributed by atoms with Gasteiger partial charge in [-0.2, -0.15) is 0 Å². The van der Waals surface area contributed by atoms with Gasteiger partial charge in [0.05, 0.1) is 4.92 Å². The van der Waals surface area contributed by atoms with Crippen LogP contribution < -0.4 is 11.5 Å². The first-order valence-electron chi connectivity index (χ1n) is 5.52. The van der Waals surface area contributed by atoms with Crippen molar-refractivity contribution in [1.29, 1.82) is 0 Å². The van der Waals surface area contributed by atoms with Crippen LogP contribution in [0.15, 0.2) is 18.2 Å². The molecule has 0 aromatic heterocycles. The molecule has 0 aliphatic carbocycles. The minimum Gasteiger partial charge on any atom is -0.368 e. The van der Waals surface area contributed by atoms with Crippen LogP contribution in [0, 0.1) is 10.1 Å². The predicted octanol–water partition coefficient (Wildman–Crippen LogP) is -0.339. The molecule has 21 heavy (non-hydrogen) atoms. The molecule has 10 heteroatoms. The summed E-state index contributed by atoms with van der Waals surface area (Å²) < 4.78 is 0. The molecule has 0 radical (unpaired) electrons. The lowest BCUT2D eigenvalue weighted by atomic mass is 10.1. The molecule has 0 saturated heterocycles. The number of carbonyl (C=O) groups excluding carboxylic acids is 3. The second-order valence-corrected chi connectivity index (χ2v) is 4.42. The smallest absolute Gasteiger partial charge is 0.287 e. The summed E-state index contributed by atoms with van der Waals surface area (Å²) in [6.07, 6.45) is 0. The SMILES string of the molecule is NC(=O)CN(CC(N)=O)C(=O)c1ccc([N+](=O)[O-])c(Cl)c1. The molecule has 0 aliphatic heterocycles. The summed E-state index contributed by atoms with van der Waals surface area (Å²) in [6, 6.07) is 3.26. The predicted molar refractivity (Wildman–Crippen MR) is 72.4 cm³/mol. The molecule has 0 unspecified atom stereocenters. The van der Waals surface area contributed by atoms with Crippen LogP contribution >= 0.6 is 11.6 Å². The lowest BCUT2D eigenvalue weighted by Crippen LogP contribution is -2.43. The molecule has 1 aromatic carbocycles. The molecule has 0 heterocycles. The van der Waals surface area contributed by atoms with Crippen molar-refractivity contribution < 1.29 is 19.3 Å². The van der Waals surface area contributed by atoms with E-state index in [1.54, 1.807) is 0 Å². The number of primary amides is 2. The lowest BCUT2D eigenvalue weighted by molar-refractivity contribution is -0.384. The molecule has 0 spiro atoms. The van der Waals surface area contributed by atoms with Gasteiger partial charge in [-0.1, -0.05) is 11.6 Å². The molecule has 0 saturated carbocycles. The van der Waals surface area contributed by atoms with Gasteiger partial charge >= 0.3 is 0 Å². The minimum atomic E-state index is -0.836. The summed E-state index contributed by atoms with van der Waals surface area (Å²) in [5.41, 5.74) is 9.55. The lowest BCUT2D eigenvalue weighted by Gasteiger charge is -2.19. The monoisotopic (exact) mass is 314 g/mol. The Kier molecular flexibility index (Phi) is 5.19. The topological polar surface area (TPSA) is 150 Å². The molecule has 0 bridgehead atoms. The van der Waals surface area contributed by atoms with E-state index >= 15 is 0 Å². The van der Waals surface area contributed by atoms with Crippen LogP contribution in [-0.2, 0) is 9.59 Å². The minimum absolute atomic E-state index is 0.0342. The van der Waals surface area contributed by atoms with Crippen LogP contribution in [0.1, 0.15) is 10.4 Å². The van der Waals surface area contributed by atoms with E-state index in [0.29, 0.717) is 0 Å². The third-order valence-electron chi connectivity index (χ3n) is 2.37. The number of carbonyl (C=O) groups is 3. The van der Waals surface area contributed by atoms with Crippen LogP contribution in [0.2, 0.25) is 5.02 Å². The van der Waals surface area contributed by atoms with E-state index in [2.05, 4.69) is 0 Å². The van der Waals surface area contributed by atoms with E-state index in [1.807, 2.05) is 0 Å². The summed E-state index contributed by atoms with van der Waals surface area (Å²) in [6.45, 7) is -1.03. The summed E-state index contributed by atoms with van der Waals surface area (Å²) in [5.74, 6) is -2.42. The van der Waals surface area contributed by atoms with E-state index in [4.69, 9.17) is 23.1 Å². The Bertz CT molecular complexity index is 603. The zero-order valence-electron chi connectivity index (χ0n) is 10.6. The van der Waals surface area contributed by atoms with Crippen molar-refractivity contribution in [3.8, 4) is 0 Å². The van der Waals surface area contributed by atoms with Crippen molar-refractivity contribution in [1.82, 2.24) is 4.90 Å². The Balaban J connectivity index is 3.08. The molecule has 4 N–H and O–H groups in total. The van der Waals surface area contributed by atoms with Crippen LogP contribution in [0.4, 0.5) is 5.69 Å². The van der Waals surface area contributed by atoms with E-state index in [1.165, 1.54) is 0 Å². The van der Waals surface area contributed by atoms with Gasteiger partial charge in [0.1, 0.15) is 18.1 Å². The molecule has 112 valence electrons. The molecule has 1 rings (SSSR count). The number of nitrogens with zero attached hydrogens (tertiary/aromatic N) is 2. The fourth-order valence-electron chi connectivity index (χ4n) is 1.55. The maximum Gasteiger partial charge on any atom is 0.287 e. The van der Waals surface area contributed by atoms with Gasteiger partial charge < -0.3 is 16.4 Å². The molecule has 0 aliphatic rings. The van der Waals surface area contributed by atoms with Crippen LogP contribution in [0.5, 0.6) is 0 Å². The van der Waals surface area contributed by atoms with Gasteiger partial charge in [0.2, 0.25) is 11.8 Å². The molecule has 3 amide bonds. The zero-order chi connectivity index (χ0) is 16.2. The first-order valence-corrected chi connectivity index (χ1v) is 5.90. The Morgan fingerprint density at radius 1 is 1.19 bits per heavy atom. The van der Waals surface area contributed by atoms with Gasteiger partial charge in [0.25, 0.3) is 11.6 Å². The van der Waals surface area contributed by atoms with E-state index in [9.17, 15) is 24.5 Å². The first kappa shape index (κ1) is 16.4. The Morgan fingerprint density at radius 2 is 1.71 bits per heavy atom. The highest BCUT2D eigenvalue weighted by atomic mass is 35.5. The number of rotatable bonds is 6. The van der Waals surface area contributed by atoms with Gasteiger partial charge in [-0.3, -0.25) is 24.5 Å². The third kappa shape index (κ3) is 4.42. The summed E-state index contributed by atoms with van der Waals surface area (Å²) in [7, 11) is 0. The number of nitro groups is 1. The average Bonchev–Trinajstić information content (AvgIpc) is 2.35. The summed E-state index contributed by atoms with van der Waals surface area (Å²) in [4.78, 5) is 44.7. The number of amides is 3. The standard InChI is InChI=1S/C11H11ClN4O5/c12-7-3-6(1-2-8(7)16(20)21)11(19)15(4-9(13)17)5-10(14)18/h1-3H,4-5H2,(H2,13,17)(H2,14,18). The molecule has 0 fully saturated rings. The fourth-order valence-corrected chi connectivity index (χ4v) is 1.80. The fraction of sp³-hybridized carbons (Fsp3) is 0.182. The second-order valence-electron chi connectivity index (χ2n) is 4.02. The summed E-state index contributed by atoms with van der Waals surface area (Å²) in [5, 5.41) is 10.4. The maximum atomic E-state index is 12.1. The highest BCUT2D eigenvalue weighted by molar-refractivity contribution is 6.33. The number of nitrogens with two attached hydrogens (primary N) is 2. The number of hydrogen-bond donors (Lipinski definition) is 2. The summed E-state index contributed by atoms with van der Waals surface area (Å²) >= 11 is 5.69. The highest BCUT2D eigenvalue weighted by Crippen LogP contribution is 2.25. The van der Waals surface area contributed by atoms with Crippen LogP contribution in [0.25, 0.3) is 0 Å². The Morgan fingerprint density at radius 3 is 2.10 bits per heavy atom. The highest BCUT2D eigenvalue weighted by Gasteiger charge is 2.22. The average molecular weight is 315 g/mol. The normalized spacial score (nSPS) is 9.95. The van der Waals surface area contributed by atoms with Crippen LogP contribution in [-0.4, -0.2) is 40.6 Å². The number of nitro benzene ring substituents is 1. The van der Waals surface area contributed by atoms with E-state index in [-0.39, 0.29) is 16.3 Å². The van der Waals surface area contributed by atoms with Crippen molar-refractivity contribution in [3.63, 3.8) is 0 Å². The van der Waals surface area contributed by atoms with Gasteiger partial charge in [0.15, 0.2) is 0 Å². The van der Waals surface area contributed by atoms with E-state index < -0.39 is 35.7 Å². The van der Waals surface area contributed by atoms with Crippen molar-refractivity contribution in [2.45, 2.75) is 0 Å². The number of hydrogen-bond acceptors (Lipinski definition) is 5. The zero-order valence-corrected chi connectivity index (χ0v) is 11.4. The van der Waals surface area contributed by atoms with Crippen molar-refractivity contribution in [3.05, 3.63) is 38.9 Å². The van der Waals surface area contributed by atoms with Gasteiger partial charge in [-0.15, -0.1) is 0 Å². The third-order valence-corrected chi connectivity index (χ3v) is 2.67. The van der Waals surface area contributed by atoms with Gasteiger partial charge in [0, 0.05) is 11.6 Å². The molecular weight excluding hydrogens is 304 g/mol. The quantitative estimate of drug-likeness (QED) is 0.544. The van der Waals surface area contributed by atoms with Crippen molar-refractivity contribution >= 4 is 35.0 Å².